The third kappa shape index (κ3) is 3.53. The molecule has 1 aromatic carbocycles. The maximum atomic E-state index is 6.58. The Bertz CT molecular complexity index is 498. The van der Waals surface area contributed by atoms with E-state index in [2.05, 4.69) is 50.1 Å². The summed E-state index contributed by atoms with van der Waals surface area (Å²) in [6, 6.07) is 6.30. The van der Waals surface area contributed by atoms with Gasteiger partial charge in [0, 0.05) is 34.8 Å². The Kier molecular flexibility index (Phi) is 5.06. The third-order valence-electron chi connectivity index (χ3n) is 4.76. The van der Waals surface area contributed by atoms with Crippen LogP contribution in [0.25, 0.3) is 0 Å². The van der Waals surface area contributed by atoms with Gasteiger partial charge >= 0.3 is 0 Å². The Morgan fingerprint density at radius 3 is 2.67 bits per heavy atom. The fourth-order valence-corrected chi connectivity index (χ4v) is 4.80. The van der Waals surface area contributed by atoms with Crippen LogP contribution in [0.2, 0.25) is 0 Å². The zero-order chi connectivity index (χ0) is 14.9. The van der Waals surface area contributed by atoms with Crippen LogP contribution in [0, 0.1) is 5.92 Å². The van der Waals surface area contributed by atoms with Crippen molar-refractivity contribution < 1.29 is 9.47 Å². The van der Waals surface area contributed by atoms with Crippen LogP contribution in [-0.4, -0.2) is 25.4 Å². The van der Waals surface area contributed by atoms with Gasteiger partial charge in [-0.15, -0.1) is 0 Å². The molecule has 0 bridgehead atoms. The van der Waals surface area contributed by atoms with Crippen LogP contribution in [0.5, 0.6) is 0 Å². The molecule has 0 aromatic heterocycles. The van der Waals surface area contributed by atoms with Gasteiger partial charge in [0.15, 0.2) is 0 Å². The lowest BCUT2D eigenvalue weighted by molar-refractivity contribution is -0.149. The zero-order valence-corrected chi connectivity index (χ0v) is 15.2. The molecule has 0 amide bonds. The standard InChI is InChI=1S/C16H21Br2NO2/c17-12-1-2-13(14(18)9-12)15(19)11-3-6-21-16(10-11)4-7-20-8-5-16/h1-2,9,11,15H,3-8,10,19H2. The number of rotatable bonds is 2. The summed E-state index contributed by atoms with van der Waals surface area (Å²) in [7, 11) is 0. The van der Waals surface area contributed by atoms with Gasteiger partial charge < -0.3 is 15.2 Å². The highest BCUT2D eigenvalue weighted by Crippen LogP contribution is 2.42. The van der Waals surface area contributed by atoms with Crippen molar-refractivity contribution in [3.63, 3.8) is 0 Å². The van der Waals surface area contributed by atoms with E-state index in [0.29, 0.717) is 5.92 Å². The molecule has 3 rings (SSSR count). The second kappa shape index (κ2) is 6.67. The SMILES string of the molecule is NC(c1ccc(Br)cc1Br)C1CCOC2(CCOCC2)C1. The lowest BCUT2D eigenvalue weighted by Gasteiger charge is -2.44. The van der Waals surface area contributed by atoms with Gasteiger partial charge in [-0.1, -0.05) is 37.9 Å². The molecule has 2 N–H and O–H groups in total. The quantitative estimate of drug-likeness (QED) is 0.783. The molecule has 2 fully saturated rings. The monoisotopic (exact) mass is 417 g/mol. The predicted molar refractivity (Wildman–Crippen MR) is 90.2 cm³/mol. The van der Waals surface area contributed by atoms with E-state index in [4.69, 9.17) is 15.2 Å². The van der Waals surface area contributed by atoms with Crippen molar-refractivity contribution in [3.8, 4) is 0 Å². The summed E-state index contributed by atoms with van der Waals surface area (Å²) in [4.78, 5) is 0. The lowest BCUT2D eigenvalue weighted by atomic mass is 9.76. The van der Waals surface area contributed by atoms with Crippen molar-refractivity contribution in [2.45, 2.75) is 37.3 Å². The topological polar surface area (TPSA) is 44.5 Å². The van der Waals surface area contributed by atoms with Gasteiger partial charge in [0.1, 0.15) is 0 Å². The Morgan fingerprint density at radius 2 is 1.95 bits per heavy atom. The molecule has 1 aromatic rings. The lowest BCUT2D eigenvalue weighted by Crippen LogP contribution is -2.46. The smallest absolute Gasteiger partial charge is 0.0729 e. The Labute approximate surface area is 142 Å². The van der Waals surface area contributed by atoms with Crippen LogP contribution < -0.4 is 5.73 Å². The minimum atomic E-state index is 0.000622. The molecule has 0 saturated carbocycles. The van der Waals surface area contributed by atoms with E-state index in [1.54, 1.807) is 0 Å². The molecule has 1 spiro atoms. The first-order valence-corrected chi connectivity index (χ1v) is 9.10. The average Bonchev–Trinajstić information content (AvgIpc) is 2.47. The molecule has 21 heavy (non-hydrogen) atoms. The molecular weight excluding hydrogens is 398 g/mol. The molecule has 2 aliphatic heterocycles. The van der Waals surface area contributed by atoms with Crippen molar-refractivity contribution >= 4 is 31.9 Å². The fourth-order valence-electron chi connectivity index (χ4n) is 3.49. The summed E-state index contributed by atoms with van der Waals surface area (Å²) in [6.45, 7) is 2.43. The molecule has 3 nitrogen and oxygen atoms in total. The second-order valence-corrected chi connectivity index (χ2v) is 7.86. The molecule has 2 heterocycles. The van der Waals surface area contributed by atoms with Crippen molar-refractivity contribution in [1.82, 2.24) is 0 Å². The number of benzene rings is 1. The molecular formula is C16H21Br2NO2. The molecule has 5 heteroatoms. The minimum Gasteiger partial charge on any atom is -0.381 e. The molecule has 0 radical (unpaired) electrons. The largest absolute Gasteiger partial charge is 0.381 e. The second-order valence-electron chi connectivity index (χ2n) is 6.09. The highest BCUT2D eigenvalue weighted by Gasteiger charge is 2.41. The highest BCUT2D eigenvalue weighted by molar-refractivity contribution is 9.11. The Hall–Kier alpha value is 0.0600. The number of halogens is 2. The van der Waals surface area contributed by atoms with Crippen LogP contribution in [0.1, 0.15) is 37.3 Å². The fraction of sp³-hybridized carbons (Fsp3) is 0.625. The first-order valence-electron chi connectivity index (χ1n) is 7.52. The van der Waals surface area contributed by atoms with Crippen molar-refractivity contribution in [2.75, 3.05) is 19.8 Å². The third-order valence-corrected chi connectivity index (χ3v) is 5.94. The number of hydrogen-bond donors (Lipinski definition) is 1. The van der Waals surface area contributed by atoms with Gasteiger partial charge in [0.05, 0.1) is 5.60 Å². The molecule has 2 aliphatic rings. The van der Waals surface area contributed by atoms with E-state index in [1.807, 2.05) is 0 Å². The Balaban J connectivity index is 1.76. The minimum absolute atomic E-state index is 0.000622. The van der Waals surface area contributed by atoms with Crippen LogP contribution in [-0.2, 0) is 9.47 Å². The van der Waals surface area contributed by atoms with Crippen LogP contribution in [0.3, 0.4) is 0 Å². The first-order chi connectivity index (χ1) is 10.1. The van der Waals surface area contributed by atoms with E-state index >= 15 is 0 Å². The summed E-state index contributed by atoms with van der Waals surface area (Å²) < 4.78 is 13.8. The average molecular weight is 419 g/mol. The van der Waals surface area contributed by atoms with Crippen molar-refractivity contribution in [3.05, 3.63) is 32.7 Å². The first kappa shape index (κ1) is 15.9. The highest BCUT2D eigenvalue weighted by atomic mass is 79.9. The predicted octanol–water partition coefficient (Wildman–Crippen LogP) is 4.19. The van der Waals surface area contributed by atoms with Crippen molar-refractivity contribution in [2.24, 2.45) is 11.7 Å². The number of nitrogens with two attached hydrogens (primary N) is 1. The van der Waals surface area contributed by atoms with Crippen LogP contribution in [0.15, 0.2) is 27.1 Å². The Morgan fingerprint density at radius 1 is 1.19 bits per heavy atom. The summed E-state index contributed by atoms with van der Waals surface area (Å²) in [6.07, 6.45) is 4.07. The van der Waals surface area contributed by atoms with E-state index < -0.39 is 0 Å². The van der Waals surface area contributed by atoms with Gasteiger partial charge in [-0.05, 0) is 49.3 Å². The maximum Gasteiger partial charge on any atom is 0.0729 e. The van der Waals surface area contributed by atoms with Crippen LogP contribution >= 0.6 is 31.9 Å². The van der Waals surface area contributed by atoms with Gasteiger partial charge in [0.25, 0.3) is 0 Å². The summed E-state index contributed by atoms with van der Waals surface area (Å²) in [5, 5.41) is 0. The maximum absolute atomic E-state index is 6.58. The van der Waals surface area contributed by atoms with Gasteiger partial charge in [-0.25, -0.2) is 0 Å². The number of ether oxygens (including phenoxy) is 2. The molecule has 2 atom stereocenters. The molecule has 0 aliphatic carbocycles. The van der Waals surface area contributed by atoms with E-state index in [1.165, 1.54) is 5.56 Å². The van der Waals surface area contributed by atoms with Crippen LogP contribution in [0.4, 0.5) is 0 Å². The van der Waals surface area contributed by atoms with Gasteiger partial charge in [-0.3, -0.25) is 0 Å². The summed E-state index contributed by atoms with van der Waals surface area (Å²) in [5.41, 5.74) is 7.77. The summed E-state index contributed by atoms with van der Waals surface area (Å²) in [5.74, 6) is 0.467. The molecule has 2 saturated heterocycles. The normalized spacial score (nSPS) is 26.7. The molecule has 116 valence electrons. The van der Waals surface area contributed by atoms with E-state index in [0.717, 1.165) is 54.4 Å². The zero-order valence-electron chi connectivity index (χ0n) is 12.0. The van der Waals surface area contributed by atoms with Gasteiger partial charge in [-0.2, -0.15) is 0 Å². The van der Waals surface area contributed by atoms with E-state index in [9.17, 15) is 0 Å². The number of hydrogen-bond acceptors (Lipinski definition) is 3. The van der Waals surface area contributed by atoms with Crippen molar-refractivity contribution in [1.29, 1.82) is 0 Å². The summed E-state index contributed by atoms with van der Waals surface area (Å²) >= 11 is 7.13. The van der Waals surface area contributed by atoms with E-state index in [-0.39, 0.29) is 11.6 Å². The molecule has 2 unspecified atom stereocenters. The van der Waals surface area contributed by atoms with Gasteiger partial charge in [0.2, 0.25) is 0 Å².